The molecule has 0 N–H and O–H groups in total. The average Bonchev–Trinajstić information content (AvgIpc) is 2.55. The number of benzene rings is 1. The van der Waals surface area contributed by atoms with Gasteiger partial charge in [0.25, 0.3) is 0 Å². The van der Waals surface area contributed by atoms with Crippen molar-refractivity contribution in [3.8, 4) is 5.75 Å². The van der Waals surface area contributed by atoms with Crippen molar-refractivity contribution in [1.29, 1.82) is 0 Å². The molecule has 0 aromatic heterocycles. The van der Waals surface area contributed by atoms with Crippen molar-refractivity contribution < 1.29 is 40.6 Å². The SMILES string of the molecule is COC(=O)C1=CC=C(Oc2ccc(C(C(F)(F)F)C(F)(F)F)cc2)C(C)C1. The molecule has 2 rings (SSSR count). The van der Waals surface area contributed by atoms with E-state index in [2.05, 4.69) is 4.74 Å². The van der Waals surface area contributed by atoms with Gasteiger partial charge >= 0.3 is 18.3 Å². The molecule has 0 heterocycles. The Bertz CT molecular complexity index is 730. The molecular formula is C18H16F6O3. The van der Waals surface area contributed by atoms with Gasteiger partial charge in [-0.15, -0.1) is 0 Å². The smallest absolute Gasteiger partial charge is 0.404 e. The van der Waals surface area contributed by atoms with Crippen LogP contribution in [0.15, 0.2) is 47.7 Å². The number of hydrogen-bond donors (Lipinski definition) is 0. The molecule has 0 amide bonds. The van der Waals surface area contributed by atoms with Crippen molar-refractivity contribution in [2.24, 2.45) is 5.92 Å². The van der Waals surface area contributed by atoms with E-state index in [0.29, 0.717) is 17.8 Å². The largest absolute Gasteiger partial charge is 0.466 e. The molecule has 1 aliphatic rings. The molecule has 1 atom stereocenters. The summed E-state index contributed by atoms with van der Waals surface area (Å²) in [6, 6.07) is 3.58. The second-order valence-electron chi connectivity index (χ2n) is 6.05. The summed E-state index contributed by atoms with van der Waals surface area (Å²) in [6.07, 6.45) is -7.55. The zero-order valence-electron chi connectivity index (χ0n) is 14.3. The highest BCUT2D eigenvalue weighted by molar-refractivity contribution is 5.89. The highest BCUT2D eigenvalue weighted by atomic mass is 19.4. The van der Waals surface area contributed by atoms with Crippen LogP contribution >= 0.6 is 0 Å². The fourth-order valence-corrected chi connectivity index (χ4v) is 2.69. The Balaban J connectivity index is 2.20. The van der Waals surface area contributed by atoms with E-state index in [-0.39, 0.29) is 11.7 Å². The lowest BCUT2D eigenvalue weighted by atomic mass is 9.94. The quantitative estimate of drug-likeness (QED) is 0.514. The molecular weight excluding hydrogens is 378 g/mol. The van der Waals surface area contributed by atoms with Gasteiger partial charge in [-0.2, -0.15) is 26.3 Å². The molecule has 0 saturated heterocycles. The van der Waals surface area contributed by atoms with Crippen LogP contribution in [0.2, 0.25) is 0 Å². The lowest BCUT2D eigenvalue weighted by Crippen LogP contribution is -2.34. The van der Waals surface area contributed by atoms with Gasteiger partial charge in [0.1, 0.15) is 11.5 Å². The number of allylic oxidation sites excluding steroid dienone is 3. The number of ether oxygens (including phenoxy) is 2. The number of hydrogen-bond acceptors (Lipinski definition) is 3. The maximum absolute atomic E-state index is 12.8. The van der Waals surface area contributed by atoms with Gasteiger partial charge in [-0.05, 0) is 36.3 Å². The summed E-state index contributed by atoms with van der Waals surface area (Å²) in [6.45, 7) is 1.76. The minimum absolute atomic E-state index is 0.0925. The lowest BCUT2D eigenvalue weighted by Gasteiger charge is -2.24. The van der Waals surface area contributed by atoms with Crippen molar-refractivity contribution in [2.75, 3.05) is 7.11 Å². The molecule has 1 aromatic carbocycles. The first-order valence-electron chi connectivity index (χ1n) is 7.83. The zero-order valence-corrected chi connectivity index (χ0v) is 14.3. The van der Waals surface area contributed by atoms with Gasteiger partial charge in [-0.25, -0.2) is 4.79 Å². The van der Waals surface area contributed by atoms with E-state index in [1.54, 1.807) is 6.92 Å². The molecule has 3 nitrogen and oxygen atoms in total. The Kier molecular flexibility index (Phi) is 5.91. The van der Waals surface area contributed by atoms with Crippen LogP contribution in [0.5, 0.6) is 5.75 Å². The molecule has 148 valence electrons. The van der Waals surface area contributed by atoms with Crippen molar-refractivity contribution >= 4 is 5.97 Å². The van der Waals surface area contributed by atoms with Crippen LogP contribution in [-0.4, -0.2) is 25.4 Å². The summed E-state index contributed by atoms with van der Waals surface area (Å²) in [5.74, 6) is -3.74. The third kappa shape index (κ3) is 5.05. The molecule has 0 aliphatic heterocycles. The van der Waals surface area contributed by atoms with Gasteiger partial charge in [0, 0.05) is 11.5 Å². The van der Waals surface area contributed by atoms with E-state index in [1.165, 1.54) is 19.3 Å². The summed E-state index contributed by atoms with van der Waals surface area (Å²) < 4.78 is 86.7. The fourth-order valence-electron chi connectivity index (χ4n) is 2.69. The van der Waals surface area contributed by atoms with Crippen LogP contribution in [-0.2, 0) is 9.53 Å². The zero-order chi connectivity index (χ0) is 20.4. The van der Waals surface area contributed by atoms with E-state index < -0.39 is 29.8 Å². The van der Waals surface area contributed by atoms with Crippen LogP contribution in [0.4, 0.5) is 26.3 Å². The molecule has 27 heavy (non-hydrogen) atoms. The Morgan fingerprint density at radius 1 is 1.04 bits per heavy atom. The predicted octanol–water partition coefficient (Wildman–Crippen LogP) is 5.30. The van der Waals surface area contributed by atoms with Crippen molar-refractivity contribution in [2.45, 2.75) is 31.6 Å². The number of carbonyl (C=O) groups excluding carboxylic acids is 1. The van der Waals surface area contributed by atoms with E-state index in [1.807, 2.05) is 0 Å². The van der Waals surface area contributed by atoms with Crippen LogP contribution in [0.3, 0.4) is 0 Å². The number of esters is 1. The van der Waals surface area contributed by atoms with E-state index in [0.717, 1.165) is 24.3 Å². The number of halogens is 6. The summed E-state index contributed by atoms with van der Waals surface area (Å²) in [4.78, 5) is 11.5. The predicted molar refractivity (Wildman–Crippen MR) is 83.9 cm³/mol. The first-order chi connectivity index (χ1) is 12.4. The first-order valence-corrected chi connectivity index (χ1v) is 7.83. The van der Waals surface area contributed by atoms with Gasteiger partial charge < -0.3 is 9.47 Å². The average molecular weight is 394 g/mol. The van der Waals surface area contributed by atoms with E-state index in [4.69, 9.17) is 4.74 Å². The highest BCUT2D eigenvalue weighted by Gasteiger charge is 2.57. The summed E-state index contributed by atoms with van der Waals surface area (Å²) in [5.41, 5.74) is -0.480. The number of carbonyl (C=O) groups is 1. The Morgan fingerprint density at radius 3 is 2.04 bits per heavy atom. The maximum Gasteiger partial charge on any atom is 0.404 e. The minimum atomic E-state index is -5.45. The third-order valence-electron chi connectivity index (χ3n) is 4.01. The molecule has 0 fully saturated rings. The second-order valence-corrected chi connectivity index (χ2v) is 6.05. The molecule has 0 spiro atoms. The molecule has 1 aromatic rings. The van der Waals surface area contributed by atoms with Gasteiger partial charge in [-0.1, -0.05) is 19.1 Å². The summed E-state index contributed by atoms with van der Waals surface area (Å²) >= 11 is 0. The monoisotopic (exact) mass is 394 g/mol. The topological polar surface area (TPSA) is 35.5 Å². The molecule has 0 bridgehead atoms. The highest BCUT2D eigenvalue weighted by Crippen LogP contribution is 2.46. The molecule has 1 aliphatic carbocycles. The fraction of sp³-hybridized carbons (Fsp3) is 0.389. The molecule has 9 heteroatoms. The van der Waals surface area contributed by atoms with Crippen molar-refractivity contribution in [1.82, 2.24) is 0 Å². The van der Waals surface area contributed by atoms with Crippen LogP contribution in [0.1, 0.15) is 24.8 Å². The number of rotatable bonds is 4. The Labute approximate surface area is 151 Å². The third-order valence-corrected chi connectivity index (χ3v) is 4.01. The Hall–Kier alpha value is -2.45. The van der Waals surface area contributed by atoms with Gasteiger partial charge in [0.05, 0.1) is 7.11 Å². The lowest BCUT2D eigenvalue weighted by molar-refractivity contribution is -0.253. The summed E-state index contributed by atoms with van der Waals surface area (Å²) in [5, 5.41) is 0. The number of methoxy groups -OCH3 is 1. The van der Waals surface area contributed by atoms with Crippen molar-refractivity contribution in [3.05, 3.63) is 53.3 Å². The summed E-state index contributed by atoms with van der Waals surface area (Å²) in [7, 11) is 1.25. The minimum Gasteiger partial charge on any atom is -0.466 e. The van der Waals surface area contributed by atoms with Gasteiger partial charge in [0.15, 0.2) is 5.92 Å². The molecule has 1 unspecified atom stereocenters. The standard InChI is InChI=1S/C18H16F6O3/c1-10-9-12(16(25)26-2)5-8-14(10)27-13-6-3-11(4-7-13)15(17(19,20)21)18(22,23)24/h3-8,10,15H,9H2,1-2H3. The van der Waals surface area contributed by atoms with Crippen LogP contribution in [0, 0.1) is 5.92 Å². The normalized spacial score (nSPS) is 18.0. The Morgan fingerprint density at radius 2 is 1.59 bits per heavy atom. The van der Waals surface area contributed by atoms with Crippen molar-refractivity contribution in [3.63, 3.8) is 0 Å². The maximum atomic E-state index is 12.8. The second kappa shape index (κ2) is 7.66. The first kappa shape index (κ1) is 20.9. The van der Waals surface area contributed by atoms with E-state index in [9.17, 15) is 31.1 Å². The van der Waals surface area contributed by atoms with Gasteiger partial charge in [-0.3, -0.25) is 0 Å². The van der Waals surface area contributed by atoms with Crippen LogP contribution < -0.4 is 4.74 Å². The molecule has 0 saturated carbocycles. The van der Waals surface area contributed by atoms with E-state index >= 15 is 0 Å². The van der Waals surface area contributed by atoms with Gasteiger partial charge in [0.2, 0.25) is 0 Å². The molecule has 0 radical (unpaired) electrons. The number of alkyl halides is 6. The van der Waals surface area contributed by atoms with Crippen LogP contribution in [0.25, 0.3) is 0 Å².